The number of esters is 1. The number of nitrogens with one attached hydrogen (secondary N) is 1. The molecule has 0 atom stereocenters. The monoisotopic (exact) mass is 324 g/mol. The summed E-state index contributed by atoms with van der Waals surface area (Å²) in [5.74, 6) is -1.29. The van der Waals surface area contributed by atoms with E-state index in [4.69, 9.17) is 11.6 Å². The highest BCUT2D eigenvalue weighted by atomic mass is 35.5. The molecule has 0 aliphatic carbocycles. The van der Waals surface area contributed by atoms with Crippen LogP contribution in [0.4, 0.5) is 10.1 Å². The lowest BCUT2D eigenvalue weighted by atomic mass is 10.3. The molecule has 0 radical (unpaired) electrons. The van der Waals surface area contributed by atoms with E-state index in [1.54, 1.807) is 0 Å². The summed E-state index contributed by atoms with van der Waals surface area (Å²) in [7, 11) is -1.52. The molecule has 0 aliphatic rings. The molecule has 0 amide bonds. The number of hydrogen-bond donors (Lipinski definition) is 1. The summed E-state index contributed by atoms with van der Waals surface area (Å²) in [6.07, 6.45) is -0.105. The molecule has 6 nitrogen and oxygen atoms in total. The Kier molecular flexibility index (Phi) is 5.73. The van der Waals surface area contributed by atoms with Gasteiger partial charge in [0.1, 0.15) is 5.82 Å². The normalized spacial score (nSPS) is 11.4. The summed E-state index contributed by atoms with van der Waals surface area (Å²) < 4.78 is 44.6. The zero-order valence-corrected chi connectivity index (χ0v) is 12.5. The fourth-order valence-electron chi connectivity index (χ4n) is 1.26. The van der Waals surface area contributed by atoms with E-state index in [1.807, 2.05) is 0 Å². The number of anilines is 1. The van der Waals surface area contributed by atoms with Gasteiger partial charge in [-0.1, -0.05) is 11.6 Å². The van der Waals surface area contributed by atoms with Crippen LogP contribution in [0.3, 0.4) is 0 Å². The first kappa shape index (κ1) is 16.7. The van der Waals surface area contributed by atoms with Gasteiger partial charge in [0.05, 0.1) is 19.2 Å². The fraction of sp³-hybridized carbons (Fsp3) is 0.364. The van der Waals surface area contributed by atoms with Crippen molar-refractivity contribution in [2.45, 2.75) is 6.42 Å². The van der Waals surface area contributed by atoms with Crippen molar-refractivity contribution in [2.75, 3.05) is 25.4 Å². The number of methoxy groups -OCH3 is 1. The number of halogens is 2. The lowest BCUT2D eigenvalue weighted by Crippen LogP contribution is -2.34. The molecule has 0 spiro atoms. The predicted molar refractivity (Wildman–Crippen MR) is 73.2 cm³/mol. The highest BCUT2D eigenvalue weighted by molar-refractivity contribution is 7.90. The largest absolute Gasteiger partial charge is 0.469 e. The summed E-state index contributed by atoms with van der Waals surface area (Å²) in [6, 6.07) is 3.51. The zero-order valence-electron chi connectivity index (χ0n) is 10.9. The number of hydrogen-bond acceptors (Lipinski definition) is 4. The number of ether oxygens (including phenoxy) is 1. The van der Waals surface area contributed by atoms with Gasteiger partial charge in [0.2, 0.25) is 0 Å². The van der Waals surface area contributed by atoms with Crippen molar-refractivity contribution in [3.05, 3.63) is 29.0 Å². The molecular formula is C11H14ClFN2O4S. The Labute approximate surface area is 121 Å². The smallest absolute Gasteiger partial charge is 0.306 e. The van der Waals surface area contributed by atoms with Crippen molar-refractivity contribution >= 4 is 33.5 Å². The summed E-state index contributed by atoms with van der Waals surface area (Å²) in [6.45, 7) is -0.0931. The van der Waals surface area contributed by atoms with Gasteiger partial charge in [-0.15, -0.1) is 0 Å². The average molecular weight is 325 g/mol. The minimum Gasteiger partial charge on any atom is -0.469 e. The van der Waals surface area contributed by atoms with Gasteiger partial charge in [0.15, 0.2) is 0 Å². The topological polar surface area (TPSA) is 75.7 Å². The second-order valence-electron chi connectivity index (χ2n) is 3.88. The SMILES string of the molecule is COC(=O)CCN(C)S(=O)(=O)Nc1cc(Cl)ccc1F. The molecule has 1 aromatic carbocycles. The summed E-state index contributed by atoms with van der Waals surface area (Å²) in [5, 5.41) is 0.196. The van der Waals surface area contributed by atoms with Gasteiger partial charge >= 0.3 is 16.2 Å². The van der Waals surface area contributed by atoms with Crippen LogP contribution in [0, 0.1) is 5.82 Å². The van der Waals surface area contributed by atoms with Gasteiger partial charge in [-0.05, 0) is 18.2 Å². The van der Waals surface area contributed by atoms with Crippen LogP contribution in [0.2, 0.25) is 5.02 Å². The van der Waals surface area contributed by atoms with Crippen LogP contribution in [-0.4, -0.2) is 39.4 Å². The molecule has 1 rings (SSSR count). The van der Waals surface area contributed by atoms with Crippen molar-refractivity contribution in [1.82, 2.24) is 4.31 Å². The molecule has 0 unspecified atom stereocenters. The number of nitrogens with zero attached hydrogens (tertiary/aromatic N) is 1. The number of benzene rings is 1. The summed E-state index contributed by atoms with van der Waals surface area (Å²) >= 11 is 5.67. The van der Waals surface area contributed by atoms with E-state index in [9.17, 15) is 17.6 Å². The number of carbonyl (C=O) groups is 1. The molecule has 0 saturated carbocycles. The molecule has 0 aliphatic heterocycles. The Morgan fingerprint density at radius 2 is 2.15 bits per heavy atom. The molecule has 0 fully saturated rings. The Hall–Kier alpha value is -1.38. The van der Waals surface area contributed by atoms with Crippen molar-refractivity contribution in [3.8, 4) is 0 Å². The van der Waals surface area contributed by atoms with E-state index in [2.05, 4.69) is 9.46 Å². The summed E-state index contributed by atoms with van der Waals surface area (Å²) in [4.78, 5) is 11.0. The third kappa shape index (κ3) is 4.62. The maximum absolute atomic E-state index is 13.5. The van der Waals surface area contributed by atoms with Crippen molar-refractivity contribution in [1.29, 1.82) is 0 Å². The molecule has 1 N–H and O–H groups in total. The van der Waals surface area contributed by atoms with E-state index < -0.39 is 22.0 Å². The molecule has 0 heterocycles. The van der Waals surface area contributed by atoms with E-state index in [-0.39, 0.29) is 23.7 Å². The summed E-state index contributed by atoms with van der Waals surface area (Å²) in [5.41, 5.74) is -0.262. The van der Waals surface area contributed by atoms with Crippen molar-refractivity contribution in [3.63, 3.8) is 0 Å². The maximum Gasteiger partial charge on any atom is 0.306 e. The Bertz CT molecular complexity index is 594. The third-order valence-corrected chi connectivity index (χ3v) is 4.15. The maximum atomic E-state index is 13.5. The van der Waals surface area contributed by atoms with E-state index >= 15 is 0 Å². The van der Waals surface area contributed by atoms with Gasteiger partial charge in [-0.25, -0.2) is 4.39 Å². The lowest BCUT2D eigenvalue weighted by Gasteiger charge is -2.18. The highest BCUT2D eigenvalue weighted by Gasteiger charge is 2.20. The molecule has 112 valence electrons. The molecule has 1 aromatic rings. The van der Waals surface area contributed by atoms with Crippen LogP contribution in [0.25, 0.3) is 0 Å². The Balaban J connectivity index is 2.78. The third-order valence-electron chi connectivity index (χ3n) is 2.44. The van der Waals surface area contributed by atoms with Gasteiger partial charge in [0, 0.05) is 18.6 Å². The number of carbonyl (C=O) groups excluding carboxylic acids is 1. The molecular weight excluding hydrogens is 311 g/mol. The first-order valence-electron chi connectivity index (χ1n) is 5.52. The average Bonchev–Trinajstić information content (AvgIpc) is 2.39. The lowest BCUT2D eigenvalue weighted by molar-refractivity contribution is -0.140. The van der Waals surface area contributed by atoms with E-state index in [0.717, 1.165) is 16.4 Å². The molecule has 0 aromatic heterocycles. The second kappa shape index (κ2) is 6.87. The minimum absolute atomic E-state index is 0.0931. The second-order valence-corrected chi connectivity index (χ2v) is 6.09. The molecule has 20 heavy (non-hydrogen) atoms. The van der Waals surface area contributed by atoms with Crippen LogP contribution in [-0.2, 0) is 19.7 Å². The van der Waals surface area contributed by atoms with Gasteiger partial charge < -0.3 is 4.74 Å². The Morgan fingerprint density at radius 1 is 1.50 bits per heavy atom. The predicted octanol–water partition coefficient (Wildman–Crippen LogP) is 1.63. The highest BCUT2D eigenvalue weighted by Crippen LogP contribution is 2.21. The van der Waals surface area contributed by atoms with Gasteiger partial charge in [0.25, 0.3) is 0 Å². The molecule has 0 saturated heterocycles. The van der Waals surface area contributed by atoms with Crippen molar-refractivity contribution in [2.24, 2.45) is 0 Å². The van der Waals surface area contributed by atoms with Crippen LogP contribution in [0.5, 0.6) is 0 Å². The first-order valence-corrected chi connectivity index (χ1v) is 7.34. The van der Waals surface area contributed by atoms with Gasteiger partial charge in [-0.3, -0.25) is 9.52 Å². The van der Waals surface area contributed by atoms with Crippen LogP contribution < -0.4 is 4.72 Å². The number of rotatable bonds is 6. The molecule has 0 bridgehead atoms. The Morgan fingerprint density at radius 3 is 2.75 bits per heavy atom. The van der Waals surface area contributed by atoms with Crippen LogP contribution in [0.1, 0.15) is 6.42 Å². The van der Waals surface area contributed by atoms with E-state index in [1.165, 1.54) is 20.2 Å². The standard InChI is InChI=1S/C11H14ClFN2O4S/c1-15(6-5-11(16)19-2)20(17,18)14-10-7-8(12)3-4-9(10)13/h3-4,7,14H,5-6H2,1-2H3. The minimum atomic E-state index is -3.98. The van der Waals surface area contributed by atoms with Crippen LogP contribution >= 0.6 is 11.6 Å². The fourth-order valence-corrected chi connectivity index (χ4v) is 2.36. The zero-order chi connectivity index (χ0) is 15.3. The molecule has 9 heteroatoms. The van der Waals surface area contributed by atoms with Gasteiger partial charge in [-0.2, -0.15) is 12.7 Å². The van der Waals surface area contributed by atoms with Crippen LogP contribution in [0.15, 0.2) is 18.2 Å². The quantitative estimate of drug-likeness (QED) is 0.807. The van der Waals surface area contributed by atoms with Crippen molar-refractivity contribution < 1.29 is 22.3 Å². The first-order chi connectivity index (χ1) is 9.26. The van der Waals surface area contributed by atoms with E-state index in [0.29, 0.717) is 0 Å².